The largest absolute Gasteiger partial charge is 0.457 e. The summed E-state index contributed by atoms with van der Waals surface area (Å²) in [6.07, 6.45) is 12.9. The van der Waals surface area contributed by atoms with Gasteiger partial charge in [-0.15, -0.1) is 0 Å². The first-order valence-corrected chi connectivity index (χ1v) is 13.9. The van der Waals surface area contributed by atoms with Crippen molar-refractivity contribution in [3.63, 3.8) is 0 Å². The van der Waals surface area contributed by atoms with Gasteiger partial charge in [0, 0.05) is 55.3 Å². The second kappa shape index (κ2) is 10.3. The van der Waals surface area contributed by atoms with Gasteiger partial charge in [0.1, 0.15) is 29.7 Å². The maximum atomic E-state index is 12.8. The summed E-state index contributed by atoms with van der Waals surface area (Å²) in [4.78, 5) is 25.7. The number of hydrogen-bond acceptors (Lipinski definition) is 8. The van der Waals surface area contributed by atoms with Gasteiger partial charge >= 0.3 is 0 Å². The average molecular weight is 550 g/mol. The Morgan fingerprint density at radius 1 is 1.05 bits per heavy atom. The summed E-state index contributed by atoms with van der Waals surface area (Å²) in [5, 5.41) is 12.0. The second-order valence-corrected chi connectivity index (χ2v) is 10.8. The summed E-state index contributed by atoms with van der Waals surface area (Å²) in [6.45, 7) is 4.47. The summed E-state index contributed by atoms with van der Waals surface area (Å²) in [6, 6.07) is 12.1. The Morgan fingerprint density at radius 2 is 1.88 bits per heavy atom. The number of benzene rings is 1. The molecular weight excluding hydrogens is 518 g/mol. The van der Waals surface area contributed by atoms with Gasteiger partial charge in [-0.3, -0.25) is 9.69 Å². The number of rotatable bonds is 7. The topological polar surface area (TPSA) is 105 Å². The molecule has 0 bridgehead atoms. The smallest absolute Gasteiger partial charge is 0.246 e. The maximum Gasteiger partial charge on any atom is 0.246 e. The van der Waals surface area contributed by atoms with E-state index in [1.807, 2.05) is 59.1 Å². The summed E-state index contributed by atoms with van der Waals surface area (Å²) in [7, 11) is 2.11. The fourth-order valence-electron chi connectivity index (χ4n) is 5.70. The van der Waals surface area contributed by atoms with E-state index in [0.717, 1.165) is 52.5 Å². The lowest BCUT2D eigenvalue weighted by Crippen LogP contribution is -2.47. The minimum atomic E-state index is 0.0822. The van der Waals surface area contributed by atoms with Crippen LogP contribution in [0.3, 0.4) is 0 Å². The first kappa shape index (κ1) is 25.2. The molecule has 2 aliphatic rings. The van der Waals surface area contributed by atoms with E-state index in [9.17, 15) is 4.79 Å². The van der Waals surface area contributed by atoms with Gasteiger partial charge in [0.25, 0.3) is 0 Å². The standard InChI is InChI=1S/C30H31N9O2/c1-20-14-22(5-7-26(20)41-24-9-12-38-27(15-24)31-18-33-38)35-30-29-25(10-13-39(29)34-19-32-30)21-16-37(17-21)28(40)8-6-23-4-3-11-36(23)2/h5-10,12-15,18-19,21,23H,3-4,11,16-17H2,1-2H3,(H,32,34,35)/b8-6+. The lowest BCUT2D eigenvalue weighted by Gasteiger charge is -2.38. The number of ether oxygens (including phenoxy) is 1. The first-order chi connectivity index (χ1) is 20.0. The number of carbonyl (C=O) groups is 1. The molecule has 2 aliphatic heterocycles. The van der Waals surface area contributed by atoms with Crippen LogP contribution in [0.2, 0.25) is 0 Å². The fourth-order valence-corrected chi connectivity index (χ4v) is 5.70. The highest BCUT2D eigenvalue weighted by molar-refractivity contribution is 5.89. The summed E-state index contributed by atoms with van der Waals surface area (Å²) < 4.78 is 9.66. The molecule has 6 heterocycles. The van der Waals surface area contributed by atoms with E-state index in [1.54, 1.807) is 16.9 Å². The van der Waals surface area contributed by atoms with Crippen LogP contribution in [0.5, 0.6) is 11.5 Å². The van der Waals surface area contributed by atoms with Gasteiger partial charge in [0.15, 0.2) is 11.5 Å². The number of carbonyl (C=O) groups excluding carboxylic acids is 1. The van der Waals surface area contributed by atoms with Crippen LogP contribution in [0.4, 0.5) is 11.5 Å². The van der Waals surface area contributed by atoms with Crippen molar-refractivity contribution in [3.05, 3.63) is 84.7 Å². The molecule has 11 nitrogen and oxygen atoms in total. The van der Waals surface area contributed by atoms with Crippen molar-refractivity contribution in [2.75, 3.05) is 32.0 Å². The van der Waals surface area contributed by atoms with Crippen molar-refractivity contribution in [1.29, 1.82) is 0 Å². The number of fused-ring (bicyclic) bond motifs is 2. The molecule has 1 unspecified atom stereocenters. The van der Waals surface area contributed by atoms with Crippen molar-refractivity contribution in [3.8, 4) is 11.5 Å². The first-order valence-electron chi connectivity index (χ1n) is 13.9. The predicted molar refractivity (Wildman–Crippen MR) is 155 cm³/mol. The molecule has 0 spiro atoms. The lowest BCUT2D eigenvalue weighted by molar-refractivity contribution is -0.130. The van der Waals surface area contributed by atoms with E-state index in [1.165, 1.54) is 12.7 Å². The number of anilines is 2. The summed E-state index contributed by atoms with van der Waals surface area (Å²) in [5.74, 6) is 2.48. The number of likely N-dealkylation sites (N-methyl/N-ethyl adjacent to an activating group) is 1. The highest BCUT2D eigenvalue weighted by Crippen LogP contribution is 2.35. The molecule has 0 saturated carbocycles. The second-order valence-electron chi connectivity index (χ2n) is 10.8. The molecule has 7 rings (SSSR count). The Bertz CT molecular complexity index is 1770. The van der Waals surface area contributed by atoms with Crippen LogP contribution in [0.25, 0.3) is 11.2 Å². The van der Waals surface area contributed by atoms with Crippen LogP contribution in [-0.4, -0.2) is 77.6 Å². The molecule has 1 atom stereocenters. The predicted octanol–water partition coefficient (Wildman–Crippen LogP) is 4.19. The summed E-state index contributed by atoms with van der Waals surface area (Å²) in [5.41, 5.74) is 4.65. The quantitative estimate of drug-likeness (QED) is 0.301. The highest BCUT2D eigenvalue weighted by atomic mass is 16.5. The van der Waals surface area contributed by atoms with Gasteiger partial charge in [0.05, 0.1) is 0 Å². The molecule has 41 heavy (non-hydrogen) atoms. The van der Waals surface area contributed by atoms with Crippen molar-refractivity contribution in [2.45, 2.75) is 31.7 Å². The Kier molecular flexibility index (Phi) is 6.35. The number of aromatic nitrogens is 6. The van der Waals surface area contributed by atoms with Crippen molar-refractivity contribution in [1.82, 2.24) is 39.0 Å². The molecule has 1 amide bonds. The Balaban J connectivity index is 1.05. The van der Waals surface area contributed by atoms with Crippen LogP contribution in [0.1, 0.15) is 29.9 Å². The van der Waals surface area contributed by atoms with Crippen LogP contribution >= 0.6 is 0 Å². The van der Waals surface area contributed by atoms with Gasteiger partial charge in [-0.2, -0.15) is 10.2 Å². The van der Waals surface area contributed by atoms with Gasteiger partial charge in [0.2, 0.25) is 5.91 Å². The van der Waals surface area contributed by atoms with E-state index in [4.69, 9.17) is 4.74 Å². The molecule has 2 fully saturated rings. The maximum absolute atomic E-state index is 12.8. The molecule has 4 aromatic heterocycles. The third-order valence-electron chi connectivity index (χ3n) is 8.07. The Morgan fingerprint density at radius 3 is 2.71 bits per heavy atom. The van der Waals surface area contributed by atoms with Gasteiger partial charge in [-0.25, -0.2) is 19.0 Å². The van der Waals surface area contributed by atoms with Crippen LogP contribution in [-0.2, 0) is 4.79 Å². The number of nitrogens with one attached hydrogen (secondary N) is 1. The molecule has 11 heteroatoms. The summed E-state index contributed by atoms with van der Waals surface area (Å²) >= 11 is 0. The molecule has 0 radical (unpaired) electrons. The highest BCUT2D eigenvalue weighted by Gasteiger charge is 2.33. The van der Waals surface area contributed by atoms with Crippen molar-refractivity contribution < 1.29 is 9.53 Å². The minimum absolute atomic E-state index is 0.0822. The number of nitrogens with zero attached hydrogens (tertiary/aromatic N) is 8. The van der Waals surface area contributed by atoms with Crippen LogP contribution in [0.15, 0.2) is 73.6 Å². The molecule has 1 aromatic carbocycles. The average Bonchev–Trinajstić information content (AvgIpc) is 3.68. The van der Waals surface area contributed by atoms with E-state index >= 15 is 0 Å². The normalized spacial score (nSPS) is 18.0. The van der Waals surface area contributed by atoms with Gasteiger partial charge in [-0.05, 0) is 74.8 Å². The minimum Gasteiger partial charge on any atom is -0.457 e. The van der Waals surface area contributed by atoms with Crippen LogP contribution in [0, 0.1) is 6.92 Å². The van der Waals surface area contributed by atoms with Crippen molar-refractivity contribution >= 4 is 28.6 Å². The number of aryl methyl sites for hydroxylation is 1. The molecule has 2 saturated heterocycles. The zero-order valence-corrected chi connectivity index (χ0v) is 23.0. The van der Waals surface area contributed by atoms with E-state index in [-0.39, 0.29) is 11.8 Å². The molecular formula is C30H31N9O2. The molecule has 208 valence electrons. The van der Waals surface area contributed by atoms with Gasteiger partial charge < -0.3 is 15.0 Å². The number of pyridine rings is 1. The monoisotopic (exact) mass is 549 g/mol. The SMILES string of the molecule is Cc1cc(Nc2ncnn3ccc(C4CN(C(=O)/C=C/C5CCCN5C)C4)c23)ccc1Oc1ccn2ncnc2c1. The number of likely N-dealkylation sites (tertiary alicyclic amines) is 2. The molecule has 5 aromatic rings. The Labute approximate surface area is 237 Å². The third kappa shape index (κ3) is 4.89. The van der Waals surface area contributed by atoms with E-state index in [0.29, 0.717) is 24.9 Å². The zero-order chi connectivity index (χ0) is 27.9. The van der Waals surface area contributed by atoms with Crippen LogP contribution < -0.4 is 10.1 Å². The molecule has 1 N–H and O–H groups in total. The lowest BCUT2D eigenvalue weighted by atomic mass is 9.92. The Hall–Kier alpha value is -4.77. The third-order valence-corrected chi connectivity index (χ3v) is 8.07. The number of hydrogen-bond donors (Lipinski definition) is 1. The van der Waals surface area contributed by atoms with E-state index in [2.05, 4.69) is 49.6 Å². The van der Waals surface area contributed by atoms with Gasteiger partial charge in [-0.1, -0.05) is 6.08 Å². The molecule has 0 aliphatic carbocycles. The van der Waals surface area contributed by atoms with E-state index < -0.39 is 0 Å². The zero-order valence-electron chi connectivity index (χ0n) is 23.0. The number of amides is 1. The van der Waals surface area contributed by atoms with Crippen molar-refractivity contribution in [2.24, 2.45) is 0 Å². The fraction of sp³-hybridized carbons (Fsp3) is 0.300.